The van der Waals surface area contributed by atoms with Gasteiger partial charge in [0, 0.05) is 24.7 Å². The summed E-state index contributed by atoms with van der Waals surface area (Å²) < 4.78 is 0. The third kappa shape index (κ3) is 2.83. The lowest BCUT2D eigenvalue weighted by atomic mass is 10.1. The minimum Gasteiger partial charge on any atom is -0.330 e. The molecule has 16 heavy (non-hydrogen) atoms. The van der Waals surface area contributed by atoms with Crippen molar-refractivity contribution in [2.75, 3.05) is 18.0 Å². The molecule has 3 heteroatoms. The summed E-state index contributed by atoms with van der Waals surface area (Å²) in [7, 11) is 0. The molecule has 0 fully saturated rings. The van der Waals surface area contributed by atoms with Crippen molar-refractivity contribution in [2.45, 2.75) is 20.8 Å². The Morgan fingerprint density at radius 2 is 2.19 bits per heavy atom. The molecule has 0 aromatic heterocycles. The summed E-state index contributed by atoms with van der Waals surface area (Å²) in [5, 5.41) is 0. The minimum absolute atomic E-state index is 0.0931. The predicted molar refractivity (Wildman–Crippen MR) is 67.4 cm³/mol. The number of aryl methyl sites for hydroxylation is 1. The van der Waals surface area contributed by atoms with Crippen LogP contribution in [0.25, 0.3) is 0 Å². The minimum atomic E-state index is -0.125. The number of carbonyl (C=O) groups excluding carboxylic acids is 1. The van der Waals surface area contributed by atoms with Gasteiger partial charge >= 0.3 is 0 Å². The molecule has 0 spiro atoms. The van der Waals surface area contributed by atoms with E-state index in [4.69, 9.17) is 5.73 Å². The number of amides is 1. The van der Waals surface area contributed by atoms with Gasteiger partial charge in [-0.25, -0.2) is 0 Å². The first kappa shape index (κ1) is 12.7. The predicted octanol–water partition coefficient (Wildman–Crippen LogP) is 1.94. The van der Waals surface area contributed by atoms with E-state index >= 15 is 0 Å². The summed E-state index contributed by atoms with van der Waals surface area (Å²) in [5.74, 6) is -0.0314. The highest BCUT2D eigenvalue weighted by Crippen LogP contribution is 2.17. The summed E-state index contributed by atoms with van der Waals surface area (Å²) in [4.78, 5) is 13.8. The molecular formula is C13H20N2O. The summed E-state index contributed by atoms with van der Waals surface area (Å²) in [6.45, 7) is 6.92. The first-order valence-electron chi connectivity index (χ1n) is 5.68. The number of rotatable bonds is 4. The molecule has 1 unspecified atom stereocenters. The van der Waals surface area contributed by atoms with Crippen LogP contribution in [0.4, 0.5) is 5.69 Å². The number of nitrogens with two attached hydrogens (primary N) is 1. The zero-order valence-corrected chi connectivity index (χ0v) is 10.2. The van der Waals surface area contributed by atoms with Crippen LogP contribution in [0, 0.1) is 12.8 Å². The summed E-state index contributed by atoms with van der Waals surface area (Å²) >= 11 is 0. The van der Waals surface area contributed by atoms with Gasteiger partial charge in [0.05, 0.1) is 0 Å². The smallest absolute Gasteiger partial charge is 0.231 e. The molecule has 0 radical (unpaired) electrons. The molecule has 0 saturated heterocycles. The largest absolute Gasteiger partial charge is 0.330 e. The topological polar surface area (TPSA) is 46.3 Å². The molecular weight excluding hydrogens is 200 g/mol. The van der Waals surface area contributed by atoms with E-state index in [0.29, 0.717) is 13.1 Å². The molecule has 1 amide bonds. The van der Waals surface area contributed by atoms with Gasteiger partial charge in [0.15, 0.2) is 0 Å². The van der Waals surface area contributed by atoms with E-state index in [1.54, 1.807) is 4.90 Å². The second-order valence-electron chi connectivity index (χ2n) is 4.06. The van der Waals surface area contributed by atoms with Crippen LogP contribution in [0.5, 0.6) is 0 Å². The highest BCUT2D eigenvalue weighted by atomic mass is 16.2. The zero-order valence-electron chi connectivity index (χ0n) is 10.2. The van der Waals surface area contributed by atoms with Crippen LogP contribution in [0.2, 0.25) is 0 Å². The maximum absolute atomic E-state index is 12.1. The maximum atomic E-state index is 12.1. The SMILES string of the molecule is CCN(C(=O)C(C)CN)c1cccc(C)c1. The summed E-state index contributed by atoms with van der Waals surface area (Å²) in [6.07, 6.45) is 0. The lowest BCUT2D eigenvalue weighted by molar-refractivity contribution is -0.121. The van der Waals surface area contributed by atoms with Crippen molar-refractivity contribution in [1.82, 2.24) is 0 Å². The van der Waals surface area contributed by atoms with Gasteiger partial charge < -0.3 is 10.6 Å². The van der Waals surface area contributed by atoms with Crippen LogP contribution in [0.3, 0.4) is 0 Å². The Balaban J connectivity index is 2.94. The average Bonchev–Trinajstić information content (AvgIpc) is 2.29. The van der Waals surface area contributed by atoms with Gasteiger partial charge in [-0.3, -0.25) is 4.79 Å². The van der Waals surface area contributed by atoms with Crippen molar-refractivity contribution in [3.05, 3.63) is 29.8 Å². The number of hydrogen-bond acceptors (Lipinski definition) is 2. The van der Waals surface area contributed by atoms with Gasteiger partial charge in [-0.05, 0) is 31.5 Å². The Kier molecular flexibility index (Phi) is 4.50. The van der Waals surface area contributed by atoms with Gasteiger partial charge in [-0.15, -0.1) is 0 Å². The van der Waals surface area contributed by atoms with Crippen molar-refractivity contribution in [3.8, 4) is 0 Å². The van der Waals surface area contributed by atoms with Gasteiger partial charge in [-0.2, -0.15) is 0 Å². The van der Waals surface area contributed by atoms with E-state index in [0.717, 1.165) is 11.3 Å². The molecule has 0 bridgehead atoms. The van der Waals surface area contributed by atoms with Gasteiger partial charge in [0.25, 0.3) is 0 Å². The van der Waals surface area contributed by atoms with Crippen LogP contribution in [-0.4, -0.2) is 19.0 Å². The number of carbonyl (C=O) groups is 1. The molecule has 3 nitrogen and oxygen atoms in total. The number of anilines is 1. The third-order valence-electron chi connectivity index (χ3n) is 2.67. The van der Waals surface area contributed by atoms with Crippen LogP contribution in [0.1, 0.15) is 19.4 Å². The van der Waals surface area contributed by atoms with Crippen LogP contribution in [-0.2, 0) is 4.79 Å². The second kappa shape index (κ2) is 5.66. The van der Waals surface area contributed by atoms with E-state index in [-0.39, 0.29) is 11.8 Å². The second-order valence-corrected chi connectivity index (χ2v) is 4.06. The fraction of sp³-hybridized carbons (Fsp3) is 0.462. The first-order chi connectivity index (χ1) is 7.60. The molecule has 0 aliphatic rings. The van der Waals surface area contributed by atoms with Crippen molar-refractivity contribution < 1.29 is 4.79 Å². The third-order valence-corrected chi connectivity index (χ3v) is 2.67. The number of benzene rings is 1. The fourth-order valence-electron chi connectivity index (χ4n) is 1.63. The zero-order chi connectivity index (χ0) is 12.1. The van der Waals surface area contributed by atoms with E-state index < -0.39 is 0 Å². The molecule has 2 N–H and O–H groups in total. The Bertz CT molecular complexity index is 363. The number of hydrogen-bond donors (Lipinski definition) is 1. The standard InChI is InChI=1S/C13H20N2O/c1-4-15(13(16)11(3)9-14)12-7-5-6-10(2)8-12/h5-8,11H,4,9,14H2,1-3H3. The lowest BCUT2D eigenvalue weighted by Gasteiger charge is -2.24. The van der Waals surface area contributed by atoms with Crippen LogP contribution < -0.4 is 10.6 Å². The summed E-state index contributed by atoms with van der Waals surface area (Å²) in [5.41, 5.74) is 7.63. The molecule has 1 aromatic rings. The van der Waals surface area contributed by atoms with Crippen molar-refractivity contribution in [2.24, 2.45) is 11.7 Å². The van der Waals surface area contributed by atoms with Crippen molar-refractivity contribution in [1.29, 1.82) is 0 Å². The Hall–Kier alpha value is -1.35. The molecule has 0 heterocycles. The van der Waals surface area contributed by atoms with Crippen LogP contribution in [0.15, 0.2) is 24.3 Å². The normalized spacial score (nSPS) is 12.2. The van der Waals surface area contributed by atoms with E-state index in [1.165, 1.54) is 0 Å². The quantitative estimate of drug-likeness (QED) is 0.843. The van der Waals surface area contributed by atoms with Crippen molar-refractivity contribution >= 4 is 11.6 Å². The Morgan fingerprint density at radius 3 is 2.69 bits per heavy atom. The first-order valence-corrected chi connectivity index (χ1v) is 5.68. The fourth-order valence-corrected chi connectivity index (χ4v) is 1.63. The molecule has 0 aliphatic carbocycles. The summed E-state index contributed by atoms with van der Waals surface area (Å²) in [6, 6.07) is 7.96. The van der Waals surface area contributed by atoms with E-state index in [9.17, 15) is 4.79 Å². The monoisotopic (exact) mass is 220 g/mol. The van der Waals surface area contributed by atoms with Gasteiger partial charge in [-0.1, -0.05) is 19.1 Å². The molecule has 1 atom stereocenters. The molecule has 0 saturated carbocycles. The molecule has 0 aliphatic heterocycles. The Labute approximate surface area is 97.2 Å². The molecule has 1 aromatic carbocycles. The highest BCUT2D eigenvalue weighted by molar-refractivity contribution is 5.94. The van der Waals surface area contributed by atoms with E-state index in [2.05, 4.69) is 0 Å². The van der Waals surface area contributed by atoms with Crippen molar-refractivity contribution in [3.63, 3.8) is 0 Å². The molecule has 88 valence electrons. The molecule has 1 rings (SSSR count). The maximum Gasteiger partial charge on any atom is 0.231 e. The van der Waals surface area contributed by atoms with Gasteiger partial charge in [0.1, 0.15) is 0 Å². The average molecular weight is 220 g/mol. The van der Waals surface area contributed by atoms with Gasteiger partial charge in [0.2, 0.25) is 5.91 Å². The Morgan fingerprint density at radius 1 is 1.50 bits per heavy atom. The lowest BCUT2D eigenvalue weighted by Crippen LogP contribution is -2.37. The van der Waals surface area contributed by atoms with E-state index in [1.807, 2.05) is 45.0 Å². The number of nitrogens with zero attached hydrogens (tertiary/aromatic N) is 1. The van der Waals surface area contributed by atoms with Crippen LogP contribution >= 0.6 is 0 Å². The highest BCUT2D eigenvalue weighted by Gasteiger charge is 2.19.